The number of hydrogen-bond acceptors (Lipinski definition) is 3. The fourth-order valence-electron chi connectivity index (χ4n) is 2.26. The number of anilines is 1. The maximum absolute atomic E-state index is 13.4. The molecule has 108 valence electrons. The first kappa shape index (κ1) is 13.9. The normalized spacial score (nSPS) is 16.6. The maximum Gasteiger partial charge on any atom is 0.179 e. The number of Topliss-reactive ketones (excluding diaryl/α,β-unsaturated/α-hetero) is 1. The van der Waals surface area contributed by atoms with E-state index in [0.717, 1.165) is 5.69 Å². The van der Waals surface area contributed by atoms with Crippen molar-refractivity contribution in [2.75, 3.05) is 11.9 Å². The van der Waals surface area contributed by atoms with Gasteiger partial charge in [-0.25, -0.2) is 4.39 Å². The Morgan fingerprint density at radius 2 is 2.14 bits per heavy atom. The number of para-hydroxylation sites is 2. The van der Waals surface area contributed by atoms with Crippen LogP contribution >= 0.6 is 11.6 Å². The van der Waals surface area contributed by atoms with Crippen molar-refractivity contribution in [1.82, 2.24) is 0 Å². The third-order valence-corrected chi connectivity index (χ3v) is 3.66. The summed E-state index contributed by atoms with van der Waals surface area (Å²) < 4.78 is 19.1. The number of hydrogen-bond donors (Lipinski definition) is 1. The van der Waals surface area contributed by atoms with Gasteiger partial charge in [0.15, 0.2) is 11.9 Å². The van der Waals surface area contributed by atoms with Gasteiger partial charge in [-0.2, -0.15) is 0 Å². The molecule has 1 unspecified atom stereocenters. The minimum Gasteiger partial charge on any atom is -0.479 e. The van der Waals surface area contributed by atoms with Crippen LogP contribution in [0.5, 0.6) is 5.75 Å². The molecule has 1 aliphatic heterocycles. The summed E-state index contributed by atoms with van der Waals surface area (Å²) in [6.07, 6.45) is -0.457. The van der Waals surface area contributed by atoms with Crippen LogP contribution in [0.3, 0.4) is 0 Å². The number of ketones is 1. The van der Waals surface area contributed by atoms with E-state index in [9.17, 15) is 9.18 Å². The van der Waals surface area contributed by atoms with Crippen molar-refractivity contribution in [3.63, 3.8) is 0 Å². The maximum atomic E-state index is 13.4. The average molecular weight is 306 g/mol. The largest absolute Gasteiger partial charge is 0.479 e. The predicted octanol–water partition coefficient (Wildman–Crippen LogP) is 3.46. The predicted molar refractivity (Wildman–Crippen MR) is 79.5 cm³/mol. The van der Waals surface area contributed by atoms with E-state index in [0.29, 0.717) is 17.9 Å². The van der Waals surface area contributed by atoms with Crippen molar-refractivity contribution in [1.29, 1.82) is 0 Å². The van der Waals surface area contributed by atoms with Crippen LogP contribution in [-0.4, -0.2) is 18.4 Å². The highest BCUT2D eigenvalue weighted by molar-refractivity contribution is 6.30. The van der Waals surface area contributed by atoms with Crippen LogP contribution in [0.15, 0.2) is 42.5 Å². The molecular weight excluding hydrogens is 293 g/mol. The third-order valence-electron chi connectivity index (χ3n) is 3.36. The molecule has 0 radical (unpaired) electrons. The van der Waals surface area contributed by atoms with Gasteiger partial charge in [0.1, 0.15) is 11.6 Å². The second-order valence-electron chi connectivity index (χ2n) is 4.88. The lowest BCUT2D eigenvalue weighted by Gasteiger charge is -2.26. The summed E-state index contributed by atoms with van der Waals surface area (Å²) in [6.45, 7) is 0.409. The molecule has 3 nitrogen and oxygen atoms in total. The molecule has 0 aliphatic carbocycles. The zero-order chi connectivity index (χ0) is 14.8. The molecule has 0 fully saturated rings. The molecule has 0 saturated carbocycles. The molecule has 2 aromatic carbocycles. The number of rotatable bonds is 3. The summed E-state index contributed by atoms with van der Waals surface area (Å²) in [6, 6.07) is 11.8. The SMILES string of the molecule is O=C(Cc1ccc(Cl)c(F)c1)C1CNc2ccccc2O1. The van der Waals surface area contributed by atoms with Gasteiger partial charge in [0, 0.05) is 6.42 Å². The van der Waals surface area contributed by atoms with Crippen molar-refractivity contribution in [3.05, 3.63) is 58.9 Å². The lowest BCUT2D eigenvalue weighted by atomic mass is 10.0. The van der Waals surface area contributed by atoms with Gasteiger partial charge in [-0.1, -0.05) is 29.8 Å². The highest BCUT2D eigenvalue weighted by Crippen LogP contribution is 2.28. The van der Waals surface area contributed by atoms with Crippen LogP contribution in [-0.2, 0) is 11.2 Å². The Kier molecular flexibility index (Phi) is 3.80. The van der Waals surface area contributed by atoms with E-state index in [2.05, 4.69) is 5.32 Å². The summed E-state index contributed by atoms with van der Waals surface area (Å²) in [5, 5.41) is 3.21. The number of carbonyl (C=O) groups is 1. The molecule has 1 heterocycles. The number of nitrogens with one attached hydrogen (secondary N) is 1. The van der Waals surface area contributed by atoms with Gasteiger partial charge in [0.05, 0.1) is 17.3 Å². The highest BCUT2D eigenvalue weighted by atomic mass is 35.5. The zero-order valence-corrected chi connectivity index (χ0v) is 11.9. The fraction of sp³-hybridized carbons (Fsp3) is 0.188. The van der Waals surface area contributed by atoms with Crippen molar-refractivity contribution < 1.29 is 13.9 Å². The highest BCUT2D eigenvalue weighted by Gasteiger charge is 2.25. The quantitative estimate of drug-likeness (QED) is 0.943. The summed E-state index contributed by atoms with van der Waals surface area (Å²) >= 11 is 5.63. The van der Waals surface area contributed by atoms with E-state index >= 15 is 0 Å². The van der Waals surface area contributed by atoms with Gasteiger partial charge < -0.3 is 10.1 Å². The molecule has 1 atom stereocenters. The second kappa shape index (κ2) is 5.74. The number of halogens is 2. The van der Waals surface area contributed by atoms with E-state index in [4.69, 9.17) is 16.3 Å². The lowest BCUT2D eigenvalue weighted by Crippen LogP contribution is -2.38. The Morgan fingerprint density at radius 1 is 1.33 bits per heavy atom. The van der Waals surface area contributed by atoms with Gasteiger partial charge in [-0.3, -0.25) is 4.79 Å². The van der Waals surface area contributed by atoms with Crippen LogP contribution in [0, 0.1) is 5.82 Å². The Hall–Kier alpha value is -2.07. The smallest absolute Gasteiger partial charge is 0.179 e. The first-order valence-corrected chi connectivity index (χ1v) is 6.97. The first-order valence-electron chi connectivity index (χ1n) is 6.59. The molecule has 0 spiro atoms. The van der Waals surface area contributed by atoms with Crippen LogP contribution < -0.4 is 10.1 Å². The Bertz CT molecular complexity index is 690. The van der Waals surface area contributed by atoms with Gasteiger partial charge in [-0.05, 0) is 29.8 Å². The molecule has 1 N–H and O–H groups in total. The first-order chi connectivity index (χ1) is 10.1. The summed E-state index contributed by atoms with van der Waals surface area (Å²) in [7, 11) is 0. The van der Waals surface area contributed by atoms with Crippen LogP contribution in [0.25, 0.3) is 0 Å². The molecule has 0 bridgehead atoms. The summed E-state index contributed by atoms with van der Waals surface area (Å²) in [5.41, 5.74) is 1.46. The Labute approximate surface area is 126 Å². The number of benzene rings is 2. The van der Waals surface area contributed by atoms with E-state index in [1.54, 1.807) is 6.07 Å². The Morgan fingerprint density at radius 3 is 2.95 bits per heavy atom. The molecular formula is C16H13ClFNO2. The molecule has 2 aromatic rings. The fourth-order valence-corrected chi connectivity index (χ4v) is 2.37. The minimum absolute atomic E-state index is 0.0516. The van der Waals surface area contributed by atoms with Gasteiger partial charge in [0.25, 0.3) is 0 Å². The van der Waals surface area contributed by atoms with E-state index in [1.165, 1.54) is 12.1 Å². The van der Waals surface area contributed by atoms with Crippen LogP contribution in [0.4, 0.5) is 10.1 Å². The third kappa shape index (κ3) is 3.00. The van der Waals surface area contributed by atoms with Crippen LogP contribution in [0.1, 0.15) is 5.56 Å². The second-order valence-corrected chi connectivity index (χ2v) is 5.28. The molecule has 1 aliphatic rings. The van der Waals surface area contributed by atoms with Gasteiger partial charge in [0.2, 0.25) is 0 Å². The number of ether oxygens (including phenoxy) is 1. The van der Waals surface area contributed by atoms with Gasteiger partial charge >= 0.3 is 0 Å². The van der Waals surface area contributed by atoms with Crippen molar-refractivity contribution in [2.45, 2.75) is 12.5 Å². The number of fused-ring (bicyclic) bond motifs is 1. The summed E-state index contributed by atoms with van der Waals surface area (Å²) in [4.78, 5) is 12.3. The monoisotopic (exact) mass is 305 g/mol. The van der Waals surface area contributed by atoms with E-state index in [1.807, 2.05) is 24.3 Å². The average Bonchev–Trinajstić information content (AvgIpc) is 2.50. The molecule has 0 aromatic heterocycles. The molecule has 0 saturated heterocycles. The van der Waals surface area contributed by atoms with Crippen molar-refractivity contribution >= 4 is 23.1 Å². The van der Waals surface area contributed by atoms with Gasteiger partial charge in [-0.15, -0.1) is 0 Å². The molecule has 0 amide bonds. The zero-order valence-electron chi connectivity index (χ0n) is 11.1. The van der Waals surface area contributed by atoms with Crippen molar-refractivity contribution in [3.8, 4) is 5.75 Å². The van der Waals surface area contributed by atoms with E-state index in [-0.39, 0.29) is 17.2 Å². The number of carbonyl (C=O) groups excluding carboxylic acids is 1. The van der Waals surface area contributed by atoms with Crippen molar-refractivity contribution in [2.24, 2.45) is 0 Å². The molecule has 3 rings (SSSR count). The molecule has 5 heteroatoms. The summed E-state index contributed by atoms with van der Waals surface area (Å²) in [5.74, 6) is 0.0399. The Balaban J connectivity index is 1.70. The molecule has 21 heavy (non-hydrogen) atoms. The standard InChI is InChI=1S/C16H13ClFNO2/c17-11-6-5-10(7-12(11)18)8-14(20)16-9-19-13-3-1-2-4-15(13)21-16/h1-7,16,19H,8-9H2. The minimum atomic E-state index is -0.571. The van der Waals surface area contributed by atoms with E-state index < -0.39 is 11.9 Å². The topological polar surface area (TPSA) is 38.3 Å². The van der Waals surface area contributed by atoms with Crippen LogP contribution in [0.2, 0.25) is 5.02 Å². The lowest BCUT2D eigenvalue weighted by molar-refractivity contribution is -0.124.